The number of hydrogen-bond donors (Lipinski definition) is 1. The number of aliphatic hydroxyl groups excluding tert-OH is 1. The lowest BCUT2D eigenvalue weighted by molar-refractivity contribution is -0.146. The molecule has 0 atom stereocenters. The predicted octanol–water partition coefficient (Wildman–Crippen LogP) is 2.34. The summed E-state index contributed by atoms with van der Waals surface area (Å²) in [4.78, 5) is 13.1. The van der Waals surface area contributed by atoms with Crippen molar-refractivity contribution in [3.8, 4) is 0 Å². The Morgan fingerprint density at radius 3 is 2.47 bits per heavy atom. The third-order valence-corrected chi connectivity index (χ3v) is 4.26. The summed E-state index contributed by atoms with van der Waals surface area (Å²) in [5.74, 6) is -0.270. The van der Waals surface area contributed by atoms with Gasteiger partial charge in [0.05, 0.1) is 12.5 Å². The first-order valence-electron chi connectivity index (χ1n) is 4.65. The van der Waals surface area contributed by atoms with E-state index in [1.165, 1.54) is 21.6 Å². The lowest BCUT2D eigenvalue weighted by atomic mass is 10.2. The quantitative estimate of drug-likeness (QED) is 0.609. The van der Waals surface area contributed by atoms with E-state index in [9.17, 15) is 4.79 Å². The highest BCUT2D eigenvalue weighted by molar-refractivity contribution is 8.79. The van der Waals surface area contributed by atoms with Crippen LogP contribution >= 0.6 is 21.6 Å². The van der Waals surface area contributed by atoms with Gasteiger partial charge in [-0.1, -0.05) is 35.4 Å². The highest BCUT2D eigenvalue weighted by Crippen LogP contribution is 2.39. The van der Waals surface area contributed by atoms with E-state index in [0.717, 1.165) is 9.81 Å². The molecule has 5 heteroatoms. The van der Waals surface area contributed by atoms with Gasteiger partial charge in [-0.15, -0.1) is 0 Å². The normalized spacial score (nSPS) is 16.0. The highest BCUT2D eigenvalue weighted by Gasteiger charge is 2.12. The van der Waals surface area contributed by atoms with E-state index in [4.69, 9.17) is 9.84 Å². The van der Waals surface area contributed by atoms with E-state index in [1.807, 2.05) is 26.0 Å². The first kappa shape index (κ1) is 12.7. The van der Waals surface area contributed by atoms with Crippen molar-refractivity contribution in [2.75, 3.05) is 13.2 Å². The van der Waals surface area contributed by atoms with Gasteiger partial charge < -0.3 is 9.84 Å². The van der Waals surface area contributed by atoms with E-state index in [-0.39, 0.29) is 18.5 Å². The molecule has 84 valence electrons. The van der Waals surface area contributed by atoms with Crippen molar-refractivity contribution < 1.29 is 14.6 Å². The molecule has 3 nitrogen and oxygen atoms in total. The monoisotopic (exact) mass is 246 g/mol. The maximum atomic E-state index is 11.2. The largest absolute Gasteiger partial charge is 0.460 e. The van der Waals surface area contributed by atoms with Crippen molar-refractivity contribution >= 4 is 27.6 Å². The fraction of sp³-hybridized carbons (Fsp3) is 0.500. The molecule has 1 rings (SSSR count). The Labute approximate surface area is 97.4 Å². The van der Waals surface area contributed by atoms with Crippen molar-refractivity contribution in [1.82, 2.24) is 0 Å². The molecule has 15 heavy (non-hydrogen) atoms. The zero-order valence-corrected chi connectivity index (χ0v) is 10.4. The Kier molecular flexibility index (Phi) is 5.28. The number of hydrogen-bond acceptors (Lipinski definition) is 5. The van der Waals surface area contributed by atoms with E-state index in [1.54, 1.807) is 0 Å². The standard InChI is InChI=1S/C10H14O3S2/c1-7(2)10(12)13-6-9-4-3-8(5-11)14-15-9/h3-4,7,11H,5-6H2,1-2H3. The van der Waals surface area contributed by atoms with Crippen LogP contribution < -0.4 is 0 Å². The van der Waals surface area contributed by atoms with Crippen molar-refractivity contribution in [2.24, 2.45) is 5.92 Å². The van der Waals surface area contributed by atoms with Gasteiger partial charge in [0.1, 0.15) is 6.61 Å². The number of carbonyl (C=O) groups excluding carboxylic acids is 1. The van der Waals surface area contributed by atoms with Gasteiger partial charge in [0.2, 0.25) is 0 Å². The summed E-state index contributed by atoms with van der Waals surface area (Å²) < 4.78 is 5.08. The highest BCUT2D eigenvalue weighted by atomic mass is 33.1. The molecule has 0 unspecified atom stereocenters. The van der Waals surface area contributed by atoms with Crippen LogP contribution in [0.5, 0.6) is 0 Å². The minimum absolute atomic E-state index is 0.0627. The molecule has 0 saturated heterocycles. The smallest absolute Gasteiger partial charge is 0.308 e. The van der Waals surface area contributed by atoms with E-state index in [0.29, 0.717) is 6.61 Å². The van der Waals surface area contributed by atoms with Crippen LogP contribution in [0.2, 0.25) is 0 Å². The minimum Gasteiger partial charge on any atom is -0.460 e. The second kappa shape index (κ2) is 6.25. The number of allylic oxidation sites excluding steroid dienone is 2. The molecule has 1 aliphatic heterocycles. The van der Waals surface area contributed by atoms with Crippen LogP contribution in [0.15, 0.2) is 22.0 Å². The maximum Gasteiger partial charge on any atom is 0.308 e. The number of carbonyl (C=O) groups is 1. The first-order chi connectivity index (χ1) is 7.13. The number of esters is 1. The third kappa shape index (κ3) is 4.32. The van der Waals surface area contributed by atoms with Gasteiger partial charge >= 0.3 is 5.97 Å². The summed E-state index contributed by atoms with van der Waals surface area (Å²) in [6, 6.07) is 0. The van der Waals surface area contributed by atoms with Gasteiger partial charge in [0, 0.05) is 9.81 Å². The summed E-state index contributed by atoms with van der Waals surface area (Å²) in [7, 11) is 3.02. The van der Waals surface area contributed by atoms with E-state index in [2.05, 4.69) is 0 Å². The van der Waals surface area contributed by atoms with Gasteiger partial charge in [-0.25, -0.2) is 0 Å². The summed E-state index contributed by atoms with van der Waals surface area (Å²) >= 11 is 0. The molecule has 0 aromatic carbocycles. The molecule has 1 N–H and O–H groups in total. The third-order valence-electron chi connectivity index (χ3n) is 1.69. The second-order valence-electron chi connectivity index (χ2n) is 3.35. The summed E-state index contributed by atoms with van der Waals surface area (Å²) in [5, 5.41) is 8.85. The Morgan fingerprint density at radius 1 is 1.40 bits per heavy atom. The van der Waals surface area contributed by atoms with Gasteiger partial charge in [0.15, 0.2) is 0 Å². The average Bonchev–Trinajstić information content (AvgIpc) is 2.26. The minimum atomic E-state index is -0.182. The number of rotatable bonds is 4. The molecule has 0 aromatic rings. The topological polar surface area (TPSA) is 46.5 Å². The molecule has 0 spiro atoms. The summed E-state index contributed by atoms with van der Waals surface area (Å²) in [5.41, 5.74) is 0. The molecule has 0 radical (unpaired) electrons. The van der Waals surface area contributed by atoms with Crippen LogP contribution in [-0.2, 0) is 9.53 Å². The van der Waals surface area contributed by atoms with Crippen LogP contribution in [-0.4, -0.2) is 24.3 Å². The van der Waals surface area contributed by atoms with Gasteiger partial charge in [0.25, 0.3) is 0 Å². The van der Waals surface area contributed by atoms with Crippen LogP contribution in [0.25, 0.3) is 0 Å². The Balaban J connectivity index is 2.38. The summed E-state index contributed by atoms with van der Waals surface area (Å²) in [6.07, 6.45) is 3.72. The molecule has 0 aromatic heterocycles. The fourth-order valence-corrected chi connectivity index (χ4v) is 2.71. The maximum absolute atomic E-state index is 11.2. The molecule has 0 bridgehead atoms. The molecule has 0 saturated carbocycles. The molecule has 1 aliphatic rings. The lowest BCUT2D eigenvalue weighted by Crippen LogP contribution is -2.12. The van der Waals surface area contributed by atoms with Crippen LogP contribution in [0.3, 0.4) is 0 Å². The van der Waals surface area contributed by atoms with Crippen molar-refractivity contribution in [3.63, 3.8) is 0 Å². The SMILES string of the molecule is CC(C)C(=O)OCC1=CC=C(CO)SS1. The molecular weight excluding hydrogens is 232 g/mol. The second-order valence-corrected chi connectivity index (χ2v) is 5.74. The molecule has 0 aliphatic carbocycles. The predicted molar refractivity (Wildman–Crippen MR) is 64.2 cm³/mol. The van der Waals surface area contributed by atoms with Crippen molar-refractivity contribution in [1.29, 1.82) is 0 Å². The zero-order chi connectivity index (χ0) is 11.3. The average molecular weight is 246 g/mol. The van der Waals surface area contributed by atoms with Crippen molar-refractivity contribution in [3.05, 3.63) is 22.0 Å². The lowest BCUT2D eigenvalue weighted by Gasteiger charge is -2.12. The molecule has 1 heterocycles. The van der Waals surface area contributed by atoms with Crippen LogP contribution in [0, 0.1) is 5.92 Å². The zero-order valence-electron chi connectivity index (χ0n) is 8.73. The molecule has 0 fully saturated rings. The number of aliphatic hydroxyl groups is 1. The van der Waals surface area contributed by atoms with E-state index < -0.39 is 0 Å². The Hall–Kier alpha value is -0.390. The first-order valence-corrected chi connectivity index (χ1v) is 6.80. The molecular formula is C10H14O3S2. The van der Waals surface area contributed by atoms with Gasteiger partial charge in [-0.2, -0.15) is 0 Å². The van der Waals surface area contributed by atoms with Crippen LogP contribution in [0.1, 0.15) is 13.8 Å². The van der Waals surface area contributed by atoms with Crippen LogP contribution in [0.4, 0.5) is 0 Å². The van der Waals surface area contributed by atoms with Crippen molar-refractivity contribution in [2.45, 2.75) is 13.8 Å². The van der Waals surface area contributed by atoms with E-state index >= 15 is 0 Å². The molecule has 0 amide bonds. The number of ether oxygens (including phenoxy) is 1. The Bertz CT molecular complexity index is 295. The fourth-order valence-electron chi connectivity index (χ4n) is 0.809. The summed E-state index contributed by atoms with van der Waals surface area (Å²) in [6.45, 7) is 4.00. The van der Waals surface area contributed by atoms with Gasteiger partial charge in [-0.3, -0.25) is 4.79 Å². The van der Waals surface area contributed by atoms with Gasteiger partial charge in [-0.05, 0) is 12.2 Å². The Morgan fingerprint density at radius 2 is 2.00 bits per heavy atom.